The van der Waals surface area contributed by atoms with E-state index in [9.17, 15) is 9.59 Å². The molecule has 0 saturated carbocycles. The summed E-state index contributed by atoms with van der Waals surface area (Å²) in [5.41, 5.74) is 3.57. The minimum absolute atomic E-state index is 0.113. The Bertz CT molecular complexity index is 1030. The Morgan fingerprint density at radius 3 is 2.59 bits per heavy atom. The summed E-state index contributed by atoms with van der Waals surface area (Å²) in [7, 11) is 1.62. The summed E-state index contributed by atoms with van der Waals surface area (Å²) in [5, 5.41) is 7.19. The average Bonchev–Trinajstić information content (AvgIpc) is 2.75. The van der Waals surface area contributed by atoms with Crippen molar-refractivity contribution in [3.8, 4) is 17.0 Å². The number of aromatic nitrogens is 2. The molecular formula is C23H25N3O3. The van der Waals surface area contributed by atoms with Gasteiger partial charge in [-0.1, -0.05) is 43.3 Å². The third-order valence-corrected chi connectivity index (χ3v) is 4.69. The molecule has 0 aliphatic carbocycles. The number of hydrogen-bond acceptors (Lipinski definition) is 4. The Balaban J connectivity index is 1.61. The molecule has 3 aromatic rings. The van der Waals surface area contributed by atoms with E-state index in [1.54, 1.807) is 13.2 Å². The van der Waals surface area contributed by atoms with Gasteiger partial charge < -0.3 is 10.1 Å². The van der Waals surface area contributed by atoms with Crippen LogP contribution in [0.25, 0.3) is 11.3 Å². The molecule has 1 N–H and O–H groups in total. The molecule has 2 aromatic carbocycles. The van der Waals surface area contributed by atoms with Gasteiger partial charge in [-0.3, -0.25) is 9.59 Å². The maximum Gasteiger partial charge on any atom is 0.267 e. The highest BCUT2D eigenvalue weighted by Crippen LogP contribution is 2.16. The molecule has 6 heteroatoms. The van der Waals surface area contributed by atoms with Gasteiger partial charge in [0, 0.05) is 18.2 Å². The molecule has 0 atom stereocenters. The van der Waals surface area contributed by atoms with Crippen LogP contribution in [0.5, 0.6) is 5.75 Å². The Labute approximate surface area is 170 Å². The summed E-state index contributed by atoms with van der Waals surface area (Å²) in [6, 6.07) is 18.9. The Hall–Kier alpha value is -3.41. The number of rotatable bonds is 8. The number of nitrogens with one attached hydrogen (secondary N) is 1. The fraction of sp³-hybridized carbons (Fsp3) is 0.261. The van der Waals surface area contributed by atoms with Crippen LogP contribution in [-0.2, 0) is 24.2 Å². The summed E-state index contributed by atoms with van der Waals surface area (Å²) in [6.45, 7) is 2.46. The lowest BCUT2D eigenvalue weighted by Crippen LogP contribution is -2.34. The number of hydrogen-bond donors (Lipinski definition) is 1. The maximum atomic E-state index is 12.3. The van der Waals surface area contributed by atoms with Crippen molar-refractivity contribution in [2.24, 2.45) is 0 Å². The number of ether oxygens (including phenoxy) is 1. The van der Waals surface area contributed by atoms with Crippen LogP contribution in [0.2, 0.25) is 0 Å². The van der Waals surface area contributed by atoms with Gasteiger partial charge in [0.15, 0.2) is 0 Å². The van der Waals surface area contributed by atoms with Crippen LogP contribution in [0, 0.1) is 0 Å². The molecule has 6 nitrogen and oxygen atoms in total. The summed E-state index contributed by atoms with van der Waals surface area (Å²) in [4.78, 5) is 24.4. The molecule has 1 heterocycles. The molecule has 0 spiro atoms. The van der Waals surface area contributed by atoms with E-state index in [1.807, 2.05) is 48.5 Å². The molecule has 3 rings (SSSR count). The fourth-order valence-corrected chi connectivity index (χ4v) is 2.99. The quantitative estimate of drug-likeness (QED) is 0.641. The van der Waals surface area contributed by atoms with Crippen LogP contribution in [0.1, 0.15) is 18.1 Å². The van der Waals surface area contributed by atoms with E-state index in [1.165, 1.54) is 16.3 Å². The third kappa shape index (κ3) is 5.54. The summed E-state index contributed by atoms with van der Waals surface area (Å²) >= 11 is 0. The first-order valence-corrected chi connectivity index (χ1v) is 9.66. The normalized spacial score (nSPS) is 10.6. The predicted octanol–water partition coefficient (Wildman–Crippen LogP) is 2.84. The molecule has 0 radical (unpaired) electrons. The van der Waals surface area contributed by atoms with E-state index in [2.05, 4.69) is 17.3 Å². The minimum Gasteiger partial charge on any atom is -0.497 e. The first kappa shape index (κ1) is 20.3. The van der Waals surface area contributed by atoms with Gasteiger partial charge in [-0.2, -0.15) is 5.10 Å². The zero-order chi connectivity index (χ0) is 20.6. The van der Waals surface area contributed by atoms with Crippen molar-refractivity contribution in [1.82, 2.24) is 15.1 Å². The van der Waals surface area contributed by atoms with Crippen molar-refractivity contribution in [3.63, 3.8) is 0 Å². The van der Waals surface area contributed by atoms with Gasteiger partial charge >= 0.3 is 0 Å². The summed E-state index contributed by atoms with van der Waals surface area (Å²) in [6.07, 6.45) is 1.64. The molecule has 1 amide bonds. The molecule has 1 aromatic heterocycles. The van der Waals surface area contributed by atoms with Crippen LogP contribution in [0.15, 0.2) is 65.5 Å². The molecule has 0 saturated heterocycles. The molecule has 29 heavy (non-hydrogen) atoms. The maximum absolute atomic E-state index is 12.3. The van der Waals surface area contributed by atoms with Crippen LogP contribution in [-0.4, -0.2) is 29.3 Å². The number of nitrogens with zero attached hydrogens (tertiary/aromatic N) is 2. The van der Waals surface area contributed by atoms with E-state index < -0.39 is 0 Å². The lowest BCUT2D eigenvalue weighted by Gasteiger charge is -2.09. The van der Waals surface area contributed by atoms with E-state index in [0.29, 0.717) is 18.7 Å². The second-order valence-electron chi connectivity index (χ2n) is 6.72. The van der Waals surface area contributed by atoms with Gasteiger partial charge in [-0.25, -0.2) is 4.68 Å². The Morgan fingerprint density at radius 1 is 1.07 bits per heavy atom. The van der Waals surface area contributed by atoms with Gasteiger partial charge in [-0.15, -0.1) is 0 Å². The molecule has 0 unspecified atom stereocenters. The van der Waals surface area contributed by atoms with Gasteiger partial charge in [0.25, 0.3) is 5.56 Å². The highest BCUT2D eigenvalue weighted by atomic mass is 16.5. The van der Waals surface area contributed by atoms with Crippen molar-refractivity contribution >= 4 is 5.91 Å². The number of methoxy groups -OCH3 is 1. The minimum atomic E-state index is -0.304. The second kappa shape index (κ2) is 9.68. The number of aryl methyl sites for hydroxylation is 1. The number of amides is 1. The fourth-order valence-electron chi connectivity index (χ4n) is 2.99. The molecule has 0 aliphatic rings. The number of carbonyl (C=O) groups is 1. The van der Waals surface area contributed by atoms with Crippen molar-refractivity contribution in [1.29, 1.82) is 0 Å². The molecular weight excluding hydrogens is 366 g/mol. The number of benzene rings is 2. The van der Waals surface area contributed by atoms with E-state index >= 15 is 0 Å². The topological polar surface area (TPSA) is 73.2 Å². The van der Waals surface area contributed by atoms with Gasteiger partial charge in [-0.05, 0) is 42.2 Å². The van der Waals surface area contributed by atoms with Crippen LogP contribution in [0.3, 0.4) is 0 Å². The molecule has 0 fully saturated rings. The first-order valence-electron chi connectivity index (χ1n) is 9.66. The smallest absolute Gasteiger partial charge is 0.267 e. The van der Waals surface area contributed by atoms with Gasteiger partial charge in [0.1, 0.15) is 12.3 Å². The first-order chi connectivity index (χ1) is 14.1. The number of carbonyl (C=O) groups excluding carboxylic acids is 1. The SMILES string of the molecule is CCc1ccc(-c2ccc(=O)n(CC(=O)NCCc3cccc(OC)c3)n2)cc1. The lowest BCUT2D eigenvalue weighted by atomic mass is 10.1. The van der Waals surface area contributed by atoms with Crippen molar-refractivity contribution in [3.05, 3.63) is 82.1 Å². The van der Waals surface area contributed by atoms with Crippen LogP contribution >= 0.6 is 0 Å². The summed E-state index contributed by atoms with van der Waals surface area (Å²) in [5.74, 6) is 0.536. The van der Waals surface area contributed by atoms with Crippen molar-refractivity contribution in [2.75, 3.05) is 13.7 Å². The standard InChI is InChI=1S/C23H25N3O3/c1-3-17-7-9-19(10-8-17)21-11-12-23(28)26(25-21)16-22(27)24-14-13-18-5-4-6-20(15-18)29-2/h4-12,15H,3,13-14,16H2,1-2H3,(H,24,27). The summed E-state index contributed by atoms with van der Waals surface area (Å²) < 4.78 is 6.40. The molecule has 0 bridgehead atoms. The highest BCUT2D eigenvalue weighted by molar-refractivity contribution is 5.75. The molecule has 150 valence electrons. The monoisotopic (exact) mass is 391 g/mol. The van der Waals surface area contributed by atoms with E-state index in [0.717, 1.165) is 23.3 Å². The second-order valence-corrected chi connectivity index (χ2v) is 6.72. The van der Waals surface area contributed by atoms with Gasteiger partial charge in [0.05, 0.1) is 12.8 Å². The Kier molecular flexibility index (Phi) is 6.79. The largest absolute Gasteiger partial charge is 0.497 e. The zero-order valence-electron chi connectivity index (χ0n) is 16.7. The van der Waals surface area contributed by atoms with E-state index in [-0.39, 0.29) is 18.0 Å². The van der Waals surface area contributed by atoms with Crippen molar-refractivity contribution in [2.45, 2.75) is 26.3 Å². The van der Waals surface area contributed by atoms with Crippen LogP contribution in [0.4, 0.5) is 0 Å². The third-order valence-electron chi connectivity index (χ3n) is 4.69. The lowest BCUT2D eigenvalue weighted by molar-refractivity contribution is -0.121. The Morgan fingerprint density at radius 2 is 1.86 bits per heavy atom. The average molecular weight is 391 g/mol. The predicted molar refractivity (Wildman–Crippen MR) is 113 cm³/mol. The zero-order valence-corrected chi connectivity index (χ0v) is 16.7. The molecule has 0 aliphatic heterocycles. The van der Waals surface area contributed by atoms with Gasteiger partial charge in [0.2, 0.25) is 5.91 Å². The van der Waals surface area contributed by atoms with Crippen LogP contribution < -0.4 is 15.6 Å². The highest BCUT2D eigenvalue weighted by Gasteiger charge is 2.08. The van der Waals surface area contributed by atoms with E-state index in [4.69, 9.17) is 4.74 Å². The van der Waals surface area contributed by atoms with Crippen molar-refractivity contribution < 1.29 is 9.53 Å².